The molecule has 104 valence electrons. The third kappa shape index (κ3) is 3.47. The van der Waals surface area contributed by atoms with Crippen LogP contribution in [0.2, 0.25) is 0 Å². The number of carbonyl (C=O) groups is 1. The molecule has 5 nitrogen and oxygen atoms in total. The Hall–Kier alpha value is -2.56. The van der Waals surface area contributed by atoms with Crippen molar-refractivity contribution in [3.05, 3.63) is 64.6 Å². The van der Waals surface area contributed by atoms with E-state index in [1.807, 2.05) is 30.3 Å². The van der Waals surface area contributed by atoms with E-state index in [2.05, 4.69) is 4.98 Å². The molecule has 0 fully saturated rings. The molecule has 2 aromatic rings. The molecule has 1 N–H and O–H groups in total. The van der Waals surface area contributed by atoms with Crippen LogP contribution in [-0.4, -0.2) is 36.0 Å². The summed E-state index contributed by atoms with van der Waals surface area (Å²) in [5.74, 6) is 0.439. The molecule has 0 atom stereocenters. The molecule has 0 radical (unpaired) electrons. The van der Waals surface area contributed by atoms with Gasteiger partial charge < -0.3 is 14.6 Å². The molecule has 1 amide bonds. The molecule has 0 saturated carbocycles. The normalized spacial score (nSPS) is 10.1. The van der Waals surface area contributed by atoms with E-state index in [-0.39, 0.29) is 17.0 Å². The molecule has 20 heavy (non-hydrogen) atoms. The highest BCUT2D eigenvalue weighted by Crippen LogP contribution is 2.08. The zero-order chi connectivity index (χ0) is 14.4. The van der Waals surface area contributed by atoms with E-state index in [1.54, 1.807) is 13.1 Å². The average Bonchev–Trinajstić information content (AvgIpc) is 2.48. The Balaban J connectivity index is 1.89. The van der Waals surface area contributed by atoms with Gasteiger partial charge in [-0.15, -0.1) is 0 Å². The fourth-order valence-corrected chi connectivity index (χ4v) is 1.71. The monoisotopic (exact) mass is 272 g/mol. The second kappa shape index (κ2) is 6.56. The number of amides is 1. The standard InChI is InChI=1S/C15H16N2O3/c1-17(10-11-20-12-6-3-2-4-7-12)15(19)13-8-5-9-16-14(13)18/h2-9H,10-11H2,1H3,(H,16,18). The Labute approximate surface area is 116 Å². The lowest BCUT2D eigenvalue weighted by Crippen LogP contribution is -2.34. The van der Waals surface area contributed by atoms with Crippen LogP contribution in [0.4, 0.5) is 0 Å². The maximum Gasteiger partial charge on any atom is 0.260 e. The summed E-state index contributed by atoms with van der Waals surface area (Å²) in [7, 11) is 1.64. The molecule has 0 spiro atoms. The Morgan fingerprint density at radius 2 is 1.95 bits per heavy atom. The summed E-state index contributed by atoms with van der Waals surface area (Å²) < 4.78 is 5.51. The molecule has 0 bridgehead atoms. The number of aromatic amines is 1. The average molecular weight is 272 g/mol. The molecule has 1 aromatic heterocycles. The third-order valence-corrected chi connectivity index (χ3v) is 2.83. The van der Waals surface area contributed by atoms with Gasteiger partial charge in [0.05, 0.1) is 6.54 Å². The SMILES string of the molecule is CN(CCOc1ccccc1)C(=O)c1ccc[nH]c1=O. The molecule has 0 unspecified atom stereocenters. The first-order valence-electron chi connectivity index (χ1n) is 6.29. The number of rotatable bonds is 5. The molecule has 0 aliphatic heterocycles. The smallest absolute Gasteiger partial charge is 0.260 e. The van der Waals surface area contributed by atoms with Crippen molar-refractivity contribution in [2.45, 2.75) is 0 Å². The topological polar surface area (TPSA) is 62.4 Å². The van der Waals surface area contributed by atoms with Gasteiger partial charge in [0, 0.05) is 13.2 Å². The molecule has 5 heteroatoms. The maximum absolute atomic E-state index is 12.1. The molecule has 0 saturated heterocycles. The number of benzene rings is 1. The van der Waals surface area contributed by atoms with Gasteiger partial charge in [0.1, 0.15) is 17.9 Å². The number of hydrogen-bond donors (Lipinski definition) is 1. The van der Waals surface area contributed by atoms with Gasteiger partial charge >= 0.3 is 0 Å². The summed E-state index contributed by atoms with van der Waals surface area (Å²) in [5, 5.41) is 0. The van der Waals surface area contributed by atoms with Crippen molar-refractivity contribution in [2.75, 3.05) is 20.2 Å². The molecular weight excluding hydrogens is 256 g/mol. The van der Waals surface area contributed by atoms with E-state index in [0.29, 0.717) is 13.2 Å². The fraction of sp³-hybridized carbons (Fsp3) is 0.200. The summed E-state index contributed by atoms with van der Waals surface area (Å²) in [6, 6.07) is 12.5. The van der Waals surface area contributed by atoms with Gasteiger partial charge in [-0.2, -0.15) is 0 Å². The first-order chi connectivity index (χ1) is 9.68. The lowest BCUT2D eigenvalue weighted by molar-refractivity contribution is 0.0772. The first kappa shape index (κ1) is 13.9. The summed E-state index contributed by atoms with van der Waals surface area (Å²) >= 11 is 0. The van der Waals surface area contributed by atoms with Gasteiger partial charge in [0.2, 0.25) is 0 Å². The van der Waals surface area contributed by atoms with Crippen molar-refractivity contribution in [3.8, 4) is 5.75 Å². The fourth-order valence-electron chi connectivity index (χ4n) is 1.71. The Morgan fingerprint density at radius 3 is 2.65 bits per heavy atom. The van der Waals surface area contributed by atoms with Gasteiger partial charge in [-0.3, -0.25) is 9.59 Å². The molecule has 1 heterocycles. The molecule has 1 aromatic carbocycles. The van der Waals surface area contributed by atoms with Crippen LogP contribution in [-0.2, 0) is 0 Å². The van der Waals surface area contributed by atoms with Gasteiger partial charge in [-0.1, -0.05) is 18.2 Å². The summed E-state index contributed by atoms with van der Waals surface area (Å²) in [4.78, 5) is 27.5. The number of likely N-dealkylation sites (N-methyl/N-ethyl adjacent to an activating group) is 1. The van der Waals surface area contributed by atoms with Gasteiger partial charge in [0.25, 0.3) is 11.5 Å². The molecule has 0 aliphatic rings. The number of carbonyl (C=O) groups excluding carboxylic acids is 1. The number of H-pyrrole nitrogens is 1. The van der Waals surface area contributed by atoms with Crippen molar-refractivity contribution in [1.29, 1.82) is 0 Å². The predicted octanol–water partition coefficient (Wildman–Crippen LogP) is 1.53. The van der Waals surface area contributed by atoms with Crippen LogP contribution in [0.3, 0.4) is 0 Å². The number of pyridine rings is 1. The van der Waals surface area contributed by atoms with Crippen molar-refractivity contribution >= 4 is 5.91 Å². The molecule has 2 rings (SSSR count). The van der Waals surface area contributed by atoms with Gasteiger partial charge in [0.15, 0.2) is 0 Å². The van der Waals surface area contributed by atoms with E-state index in [1.165, 1.54) is 17.2 Å². The number of nitrogens with one attached hydrogen (secondary N) is 1. The number of para-hydroxylation sites is 1. The maximum atomic E-state index is 12.1. The highest BCUT2D eigenvalue weighted by atomic mass is 16.5. The van der Waals surface area contributed by atoms with Crippen LogP contribution >= 0.6 is 0 Å². The van der Waals surface area contributed by atoms with E-state index in [0.717, 1.165) is 5.75 Å². The second-order valence-corrected chi connectivity index (χ2v) is 4.30. The van der Waals surface area contributed by atoms with Crippen LogP contribution < -0.4 is 10.3 Å². The zero-order valence-corrected chi connectivity index (χ0v) is 11.2. The van der Waals surface area contributed by atoms with Crippen molar-refractivity contribution in [3.63, 3.8) is 0 Å². The van der Waals surface area contributed by atoms with Crippen molar-refractivity contribution < 1.29 is 9.53 Å². The zero-order valence-electron chi connectivity index (χ0n) is 11.2. The van der Waals surface area contributed by atoms with Gasteiger partial charge in [-0.05, 0) is 24.3 Å². The number of ether oxygens (including phenoxy) is 1. The highest BCUT2D eigenvalue weighted by molar-refractivity contribution is 5.93. The van der Waals surface area contributed by atoms with Crippen LogP contribution in [0.1, 0.15) is 10.4 Å². The quantitative estimate of drug-likeness (QED) is 0.897. The summed E-state index contributed by atoms with van der Waals surface area (Å²) in [6.07, 6.45) is 1.50. The number of aromatic nitrogens is 1. The number of hydrogen-bond acceptors (Lipinski definition) is 3. The Morgan fingerprint density at radius 1 is 1.20 bits per heavy atom. The van der Waals surface area contributed by atoms with Crippen LogP contribution in [0.5, 0.6) is 5.75 Å². The second-order valence-electron chi connectivity index (χ2n) is 4.30. The summed E-state index contributed by atoms with van der Waals surface area (Å²) in [6.45, 7) is 0.777. The lowest BCUT2D eigenvalue weighted by Gasteiger charge is -2.17. The Kier molecular flexibility index (Phi) is 4.55. The third-order valence-electron chi connectivity index (χ3n) is 2.83. The van der Waals surface area contributed by atoms with Crippen molar-refractivity contribution in [1.82, 2.24) is 9.88 Å². The number of nitrogens with zero attached hydrogens (tertiary/aromatic N) is 1. The minimum Gasteiger partial charge on any atom is -0.492 e. The van der Waals surface area contributed by atoms with Gasteiger partial charge in [-0.25, -0.2) is 0 Å². The largest absolute Gasteiger partial charge is 0.492 e. The predicted molar refractivity (Wildman–Crippen MR) is 76.0 cm³/mol. The van der Waals surface area contributed by atoms with Crippen LogP contribution in [0.15, 0.2) is 53.5 Å². The van der Waals surface area contributed by atoms with Crippen LogP contribution in [0.25, 0.3) is 0 Å². The molecule has 0 aliphatic carbocycles. The minimum absolute atomic E-state index is 0.134. The highest BCUT2D eigenvalue weighted by Gasteiger charge is 2.14. The van der Waals surface area contributed by atoms with E-state index >= 15 is 0 Å². The lowest BCUT2D eigenvalue weighted by atomic mass is 10.2. The van der Waals surface area contributed by atoms with E-state index in [4.69, 9.17) is 4.74 Å². The first-order valence-corrected chi connectivity index (χ1v) is 6.29. The Bertz CT molecular complexity index is 622. The minimum atomic E-state index is -0.381. The van der Waals surface area contributed by atoms with E-state index in [9.17, 15) is 9.59 Å². The van der Waals surface area contributed by atoms with Crippen molar-refractivity contribution in [2.24, 2.45) is 0 Å². The summed E-state index contributed by atoms with van der Waals surface area (Å²) in [5.41, 5.74) is -0.247. The molecular formula is C15H16N2O3. The van der Waals surface area contributed by atoms with E-state index < -0.39 is 0 Å². The van der Waals surface area contributed by atoms with Crippen LogP contribution in [0, 0.1) is 0 Å².